The molecular weight excluding hydrogens is 210 g/mol. The second-order valence-electron chi connectivity index (χ2n) is 3.17. The van der Waals surface area contributed by atoms with Crippen molar-refractivity contribution in [3.63, 3.8) is 0 Å². The van der Waals surface area contributed by atoms with Crippen molar-refractivity contribution < 1.29 is 19.8 Å². The molecule has 16 heavy (non-hydrogen) atoms. The Morgan fingerprint density at radius 1 is 1.06 bits per heavy atom. The van der Waals surface area contributed by atoms with Crippen LogP contribution in [0, 0.1) is 0 Å². The number of nitrogens with zero attached hydrogens (tertiary/aromatic N) is 1. The van der Waals surface area contributed by atoms with E-state index in [0.717, 1.165) is 0 Å². The predicted octanol–water partition coefficient (Wildman–Crippen LogP) is 1.63. The standard InChI is InChI=1S/C11H7NO4/c13-10(14)7-3-1-2-6-4-5-12-9(8(6)7)11(15)16/h1-5H,(H,13,14)(H,15,16). The van der Waals surface area contributed by atoms with Crippen molar-refractivity contribution in [1.82, 2.24) is 4.98 Å². The number of pyridine rings is 1. The van der Waals surface area contributed by atoms with E-state index in [2.05, 4.69) is 4.98 Å². The van der Waals surface area contributed by atoms with Gasteiger partial charge in [-0.15, -0.1) is 0 Å². The van der Waals surface area contributed by atoms with Gasteiger partial charge >= 0.3 is 11.9 Å². The molecule has 1 heterocycles. The second kappa shape index (κ2) is 3.62. The van der Waals surface area contributed by atoms with Gasteiger partial charge < -0.3 is 10.2 Å². The first-order chi connectivity index (χ1) is 7.61. The Hall–Kier alpha value is -2.43. The van der Waals surface area contributed by atoms with E-state index in [1.165, 1.54) is 12.3 Å². The van der Waals surface area contributed by atoms with Crippen molar-refractivity contribution in [2.24, 2.45) is 0 Å². The van der Waals surface area contributed by atoms with E-state index in [0.29, 0.717) is 5.39 Å². The van der Waals surface area contributed by atoms with Gasteiger partial charge in [0.25, 0.3) is 0 Å². The van der Waals surface area contributed by atoms with Gasteiger partial charge in [-0.3, -0.25) is 0 Å². The fourth-order valence-electron chi connectivity index (χ4n) is 1.57. The number of hydrogen-bond acceptors (Lipinski definition) is 3. The van der Waals surface area contributed by atoms with E-state index < -0.39 is 11.9 Å². The van der Waals surface area contributed by atoms with Crippen molar-refractivity contribution in [1.29, 1.82) is 0 Å². The Kier molecular flexibility index (Phi) is 2.28. The van der Waals surface area contributed by atoms with Crippen LogP contribution in [0.2, 0.25) is 0 Å². The van der Waals surface area contributed by atoms with Gasteiger partial charge in [0, 0.05) is 11.6 Å². The molecule has 2 rings (SSSR count). The first-order valence-electron chi connectivity index (χ1n) is 4.45. The molecule has 0 aliphatic carbocycles. The number of carboxylic acid groups (broad SMARTS) is 2. The van der Waals surface area contributed by atoms with Gasteiger partial charge in [0.1, 0.15) is 0 Å². The van der Waals surface area contributed by atoms with E-state index in [9.17, 15) is 9.59 Å². The van der Waals surface area contributed by atoms with Crippen LogP contribution >= 0.6 is 0 Å². The Bertz CT molecular complexity index is 543. The summed E-state index contributed by atoms with van der Waals surface area (Å²) in [5.41, 5.74) is -0.293. The summed E-state index contributed by atoms with van der Waals surface area (Å²) in [5.74, 6) is -2.40. The van der Waals surface area contributed by atoms with Crippen LogP contribution in [-0.2, 0) is 0 Å². The molecule has 1 aromatic heterocycles. The molecule has 0 aliphatic heterocycles. The van der Waals surface area contributed by atoms with Gasteiger partial charge in [-0.05, 0) is 17.5 Å². The molecule has 0 radical (unpaired) electrons. The molecule has 2 aromatic rings. The van der Waals surface area contributed by atoms with E-state index >= 15 is 0 Å². The molecule has 0 atom stereocenters. The average molecular weight is 217 g/mol. The fourth-order valence-corrected chi connectivity index (χ4v) is 1.57. The maximum Gasteiger partial charge on any atom is 0.355 e. The topological polar surface area (TPSA) is 87.5 Å². The number of hydrogen-bond donors (Lipinski definition) is 2. The summed E-state index contributed by atoms with van der Waals surface area (Å²) in [6.45, 7) is 0. The molecule has 0 fully saturated rings. The molecular formula is C11H7NO4. The van der Waals surface area contributed by atoms with Crippen LogP contribution < -0.4 is 0 Å². The molecule has 80 valence electrons. The lowest BCUT2D eigenvalue weighted by Crippen LogP contribution is -2.05. The average Bonchev–Trinajstić information content (AvgIpc) is 2.27. The highest BCUT2D eigenvalue weighted by molar-refractivity contribution is 6.11. The number of aromatic nitrogens is 1. The zero-order valence-corrected chi connectivity index (χ0v) is 8.04. The van der Waals surface area contributed by atoms with Crippen LogP contribution in [0.3, 0.4) is 0 Å². The molecule has 0 saturated heterocycles. The van der Waals surface area contributed by atoms with E-state index in [1.54, 1.807) is 18.2 Å². The SMILES string of the molecule is O=C(O)c1cccc2ccnc(C(=O)O)c12. The zero-order chi connectivity index (χ0) is 11.7. The lowest BCUT2D eigenvalue weighted by molar-refractivity contribution is 0.0691. The summed E-state index contributed by atoms with van der Waals surface area (Å²) in [6.07, 6.45) is 1.34. The fraction of sp³-hybridized carbons (Fsp3) is 0. The van der Waals surface area contributed by atoms with Crippen molar-refractivity contribution in [2.75, 3.05) is 0 Å². The molecule has 5 nitrogen and oxygen atoms in total. The largest absolute Gasteiger partial charge is 0.478 e. The van der Waals surface area contributed by atoms with Gasteiger partial charge in [-0.1, -0.05) is 12.1 Å². The van der Waals surface area contributed by atoms with Gasteiger partial charge in [0.05, 0.1) is 5.56 Å². The van der Waals surface area contributed by atoms with Crippen molar-refractivity contribution >= 4 is 22.7 Å². The van der Waals surface area contributed by atoms with Crippen molar-refractivity contribution in [3.05, 3.63) is 41.7 Å². The molecule has 0 amide bonds. The lowest BCUT2D eigenvalue weighted by atomic mass is 10.0. The molecule has 0 spiro atoms. The minimum absolute atomic E-state index is 0.0528. The Balaban J connectivity index is 2.92. The maximum absolute atomic E-state index is 11.0. The molecule has 2 N–H and O–H groups in total. The predicted molar refractivity (Wildman–Crippen MR) is 55.7 cm³/mol. The number of rotatable bonds is 2. The molecule has 5 heteroatoms. The van der Waals surface area contributed by atoms with Gasteiger partial charge in [-0.25, -0.2) is 14.6 Å². The minimum Gasteiger partial charge on any atom is -0.478 e. The number of aromatic carboxylic acids is 2. The van der Waals surface area contributed by atoms with Gasteiger partial charge in [0.2, 0.25) is 0 Å². The number of benzene rings is 1. The third kappa shape index (κ3) is 1.48. The number of carboxylic acids is 2. The lowest BCUT2D eigenvalue weighted by Gasteiger charge is -2.04. The normalized spacial score (nSPS) is 10.2. The first-order valence-corrected chi connectivity index (χ1v) is 4.45. The molecule has 0 bridgehead atoms. The Labute approximate surface area is 90.0 Å². The molecule has 0 aliphatic rings. The third-order valence-electron chi connectivity index (χ3n) is 2.22. The van der Waals surface area contributed by atoms with Crippen LogP contribution in [-0.4, -0.2) is 27.1 Å². The number of carbonyl (C=O) groups is 2. The maximum atomic E-state index is 11.0. The second-order valence-corrected chi connectivity index (χ2v) is 3.17. The monoisotopic (exact) mass is 217 g/mol. The van der Waals surface area contributed by atoms with Crippen LogP contribution in [0.1, 0.15) is 20.8 Å². The smallest absolute Gasteiger partial charge is 0.355 e. The third-order valence-corrected chi connectivity index (χ3v) is 2.22. The zero-order valence-electron chi connectivity index (χ0n) is 8.04. The summed E-state index contributed by atoms with van der Waals surface area (Å²) in [5, 5.41) is 18.6. The summed E-state index contributed by atoms with van der Waals surface area (Å²) < 4.78 is 0. The Morgan fingerprint density at radius 3 is 2.44 bits per heavy atom. The van der Waals surface area contributed by atoms with Crippen LogP contribution in [0.15, 0.2) is 30.5 Å². The summed E-state index contributed by atoms with van der Waals surface area (Å²) in [7, 11) is 0. The van der Waals surface area contributed by atoms with Crippen LogP contribution in [0.5, 0.6) is 0 Å². The van der Waals surface area contributed by atoms with E-state index in [-0.39, 0.29) is 16.6 Å². The molecule has 1 aromatic carbocycles. The van der Waals surface area contributed by atoms with Gasteiger partial charge in [0.15, 0.2) is 5.69 Å². The highest BCUT2D eigenvalue weighted by Gasteiger charge is 2.16. The number of fused-ring (bicyclic) bond motifs is 1. The van der Waals surface area contributed by atoms with Crippen molar-refractivity contribution in [3.8, 4) is 0 Å². The van der Waals surface area contributed by atoms with Gasteiger partial charge in [-0.2, -0.15) is 0 Å². The summed E-state index contributed by atoms with van der Waals surface area (Å²) in [6, 6.07) is 6.15. The minimum atomic E-state index is -1.24. The highest BCUT2D eigenvalue weighted by Crippen LogP contribution is 2.21. The first kappa shape index (κ1) is 10.1. The van der Waals surface area contributed by atoms with E-state index in [1.807, 2.05) is 0 Å². The molecule has 0 unspecified atom stereocenters. The molecule has 0 saturated carbocycles. The van der Waals surface area contributed by atoms with Crippen LogP contribution in [0.4, 0.5) is 0 Å². The summed E-state index contributed by atoms with van der Waals surface area (Å²) in [4.78, 5) is 25.6. The van der Waals surface area contributed by atoms with E-state index in [4.69, 9.17) is 10.2 Å². The Morgan fingerprint density at radius 2 is 1.81 bits per heavy atom. The summed E-state index contributed by atoms with van der Waals surface area (Å²) >= 11 is 0. The van der Waals surface area contributed by atoms with Crippen molar-refractivity contribution in [2.45, 2.75) is 0 Å². The van der Waals surface area contributed by atoms with Crippen LogP contribution in [0.25, 0.3) is 10.8 Å². The highest BCUT2D eigenvalue weighted by atomic mass is 16.4. The quantitative estimate of drug-likeness (QED) is 0.798.